The lowest BCUT2D eigenvalue weighted by Gasteiger charge is -2.38. The fraction of sp³-hybridized carbons (Fsp3) is 1.00. The Kier molecular flexibility index (Phi) is 4.78. The quantitative estimate of drug-likeness (QED) is 0.755. The molecule has 1 N–H and O–H groups in total. The molecule has 1 nitrogen and oxygen atoms in total. The molecule has 0 amide bonds. The van der Waals surface area contributed by atoms with Crippen LogP contribution in [-0.2, 0) is 0 Å². The van der Waals surface area contributed by atoms with Crippen molar-refractivity contribution in [3.63, 3.8) is 0 Å². The second-order valence-corrected chi connectivity index (χ2v) is 6.24. The molecular weight excluding hydrogens is 190 g/mol. The highest BCUT2D eigenvalue weighted by Gasteiger charge is 2.39. The fourth-order valence-electron chi connectivity index (χ4n) is 2.85. The topological polar surface area (TPSA) is 12.0 Å². The van der Waals surface area contributed by atoms with E-state index in [-0.39, 0.29) is 0 Å². The highest BCUT2D eigenvalue weighted by molar-refractivity contribution is 8.00. The molecule has 14 heavy (non-hydrogen) atoms. The molecule has 84 valence electrons. The minimum Gasteiger partial charge on any atom is -0.315 e. The zero-order chi connectivity index (χ0) is 10.6. The normalized spacial score (nSPS) is 29.8. The number of hydrogen-bond acceptors (Lipinski definition) is 2. The summed E-state index contributed by atoms with van der Waals surface area (Å²) in [5.41, 5.74) is 0. The predicted molar refractivity (Wildman–Crippen MR) is 67.0 cm³/mol. The summed E-state index contributed by atoms with van der Waals surface area (Å²) >= 11 is 2.17. The van der Waals surface area contributed by atoms with Gasteiger partial charge < -0.3 is 5.32 Å². The van der Waals surface area contributed by atoms with Crippen molar-refractivity contribution in [2.45, 2.75) is 57.2 Å². The van der Waals surface area contributed by atoms with E-state index in [1.54, 1.807) is 0 Å². The molecule has 0 aromatic carbocycles. The van der Waals surface area contributed by atoms with Crippen molar-refractivity contribution < 1.29 is 0 Å². The van der Waals surface area contributed by atoms with Gasteiger partial charge >= 0.3 is 0 Å². The Labute approximate surface area is 93.4 Å². The smallest absolute Gasteiger partial charge is 0.0287 e. The van der Waals surface area contributed by atoms with Crippen molar-refractivity contribution in [1.82, 2.24) is 5.32 Å². The van der Waals surface area contributed by atoms with Crippen LogP contribution >= 0.6 is 11.8 Å². The Morgan fingerprint density at radius 2 is 2.00 bits per heavy atom. The molecule has 1 aliphatic rings. The lowest BCUT2D eigenvalue weighted by Crippen LogP contribution is -2.48. The van der Waals surface area contributed by atoms with Crippen molar-refractivity contribution in [1.29, 1.82) is 0 Å². The Hall–Kier alpha value is 0.310. The zero-order valence-corrected chi connectivity index (χ0v) is 10.9. The highest BCUT2D eigenvalue weighted by Crippen LogP contribution is 2.43. The summed E-state index contributed by atoms with van der Waals surface area (Å²) < 4.78 is 0.492. The monoisotopic (exact) mass is 215 g/mol. The van der Waals surface area contributed by atoms with Gasteiger partial charge in [0.25, 0.3) is 0 Å². The second kappa shape index (κ2) is 5.41. The van der Waals surface area contributed by atoms with Crippen molar-refractivity contribution in [2.24, 2.45) is 5.92 Å². The van der Waals surface area contributed by atoms with Gasteiger partial charge in [0, 0.05) is 10.8 Å². The van der Waals surface area contributed by atoms with Gasteiger partial charge in [0.05, 0.1) is 0 Å². The molecule has 0 aliphatic carbocycles. The molecule has 2 unspecified atom stereocenters. The molecule has 2 heteroatoms. The van der Waals surface area contributed by atoms with Crippen LogP contribution in [0.3, 0.4) is 0 Å². The standard InChI is InChI=1S/C12H25NS/c1-5-10(6-2)11(13-4)12(3)8-7-9-14-12/h10-11,13H,5-9H2,1-4H3. The van der Waals surface area contributed by atoms with Gasteiger partial charge in [-0.3, -0.25) is 0 Å². The van der Waals surface area contributed by atoms with E-state index in [1.165, 1.54) is 31.4 Å². The van der Waals surface area contributed by atoms with Crippen LogP contribution in [0.2, 0.25) is 0 Å². The van der Waals surface area contributed by atoms with Crippen molar-refractivity contribution >= 4 is 11.8 Å². The lowest BCUT2D eigenvalue weighted by atomic mass is 9.83. The number of rotatable bonds is 5. The Morgan fingerprint density at radius 1 is 1.36 bits per heavy atom. The van der Waals surface area contributed by atoms with Crippen molar-refractivity contribution in [2.75, 3.05) is 12.8 Å². The molecule has 1 aliphatic heterocycles. The first-order valence-electron chi connectivity index (χ1n) is 5.99. The first kappa shape index (κ1) is 12.4. The Morgan fingerprint density at radius 3 is 2.36 bits per heavy atom. The molecule has 0 aromatic heterocycles. The van der Waals surface area contributed by atoms with E-state index >= 15 is 0 Å². The van der Waals surface area contributed by atoms with Gasteiger partial charge in [-0.2, -0.15) is 11.8 Å². The SMILES string of the molecule is CCC(CC)C(NC)C1(C)CCCS1. The van der Waals surface area contributed by atoms with Crippen LogP contribution in [0.4, 0.5) is 0 Å². The average molecular weight is 215 g/mol. The molecule has 0 radical (unpaired) electrons. The summed E-state index contributed by atoms with van der Waals surface area (Å²) in [5, 5.41) is 3.57. The van der Waals surface area contributed by atoms with E-state index in [4.69, 9.17) is 0 Å². The van der Waals surface area contributed by atoms with E-state index in [1.807, 2.05) is 0 Å². The van der Waals surface area contributed by atoms with Crippen molar-refractivity contribution in [3.05, 3.63) is 0 Å². The molecule has 0 spiro atoms. The summed E-state index contributed by atoms with van der Waals surface area (Å²) in [5.74, 6) is 2.20. The Balaban J connectivity index is 2.68. The van der Waals surface area contributed by atoms with Gasteiger partial charge in [-0.25, -0.2) is 0 Å². The van der Waals surface area contributed by atoms with Gasteiger partial charge in [-0.05, 0) is 38.5 Å². The van der Waals surface area contributed by atoms with Crippen LogP contribution in [0, 0.1) is 5.92 Å². The predicted octanol–water partition coefficient (Wildman–Crippen LogP) is 3.30. The molecule has 1 heterocycles. The Bertz CT molecular complexity index is 160. The number of nitrogens with one attached hydrogen (secondary N) is 1. The fourth-order valence-corrected chi connectivity index (χ4v) is 4.38. The van der Waals surface area contributed by atoms with Gasteiger partial charge in [-0.1, -0.05) is 26.7 Å². The average Bonchev–Trinajstić information content (AvgIpc) is 2.62. The molecule has 1 rings (SSSR count). The molecule has 0 saturated carbocycles. The summed E-state index contributed by atoms with van der Waals surface area (Å²) in [6, 6.07) is 0.699. The molecule has 1 saturated heterocycles. The number of hydrogen-bond donors (Lipinski definition) is 1. The summed E-state index contributed by atoms with van der Waals surface area (Å²) in [6.45, 7) is 7.09. The lowest BCUT2D eigenvalue weighted by molar-refractivity contribution is 0.288. The first-order chi connectivity index (χ1) is 6.68. The van der Waals surface area contributed by atoms with Gasteiger partial charge in [0.15, 0.2) is 0 Å². The largest absolute Gasteiger partial charge is 0.315 e. The zero-order valence-electron chi connectivity index (χ0n) is 10.1. The van der Waals surface area contributed by atoms with Gasteiger partial charge in [0.2, 0.25) is 0 Å². The molecule has 0 bridgehead atoms. The summed E-state index contributed by atoms with van der Waals surface area (Å²) in [6.07, 6.45) is 5.40. The van der Waals surface area contributed by atoms with Crippen LogP contribution < -0.4 is 5.32 Å². The van der Waals surface area contributed by atoms with Crippen LogP contribution in [0.1, 0.15) is 46.5 Å². The minimum atomic E-state index is 0.492. The van der Waals surface area contributed by atoms with E-state index < -0.39 is 0 Å². The van der Waals surface area contributed by atoms with Gasteiger partial charge in [-0.15, -0.1) is 0 Å². The van der Waals surface area contributed by atoms with Crippen LogP contribution in [-0.4, -0.2) is 23.6 Å². The highest BCUT2D eigenvalue weighted by atomic mass is 32.2. The maximum Gasteiger partial charge on any atom is 0.0287 e. The second-order valence-electron chi connectivity index (χ2n) is 4.61. The van der Waals surface area contributed by atoms with Gasteiger partial charge in [0.1, 0.15) is 0 Å². The van der Waals surface area contributed by atoms with E-state index in [2.05, 4.69) is 44.9 Å². The summed E-state index contributed by atoms with van der Waals surface area (Å²) in [4.78, 5) is 0. The molecule has 1 fully saturated rings. The van der Waals surface area contributed by atoms with Crippen LogP contribution in [0.25, 0.3) is 0 Å². The molecular formula is C12H25NS. The van der Waals surface area contributed by atoms with Crippen molar-refractivity contribution in [3.8, 4) is 0 Å². The third-order valence-electron chi connectivity index (χ3n) is 3.74. The third kappa shape index (κ3) is 2.46. The minimum absolute atomic E-state index is 0.492. The van der Waals surface area contributed by atoms with E-state index in [9.17, 15) is 0 Å². The molecule has 0 aromatic rings. The van der Waals surface area contributed by atoms with E-state index in [0.717, 1.165) is 5.92 Å². The summed E-state index contributed by atoms with van der Waals surface area (Å²) in [7, 11) is 2.13. The number of thioether (sulfide) groups is 1. The maximum absolute atomic E-state index is 3.57. The maximum atomic E-state index is 3.57. The molecule has 2 atom stereocenters. The van der Waals surface area contributed by atoms with Crippen LogP contribution in [0.5, 0.6) is 0 Å². The van der Waals surface area contributed by atoms with E-state index in [0.29, 0.717) is 10.8 Å². The third-order valence-corrected chi connectivity index (χ3v) is 5.35. The van der Waals surface area contributed by atoms with Crippen LogP contribution in [0.15, 0.2) is 0 Å². The first-order valence-corrected chi connectivity index (χ1v) is 6.97.